The summed E-state index contributed by atoms with van der Waals surface area (Å²) in [6.45, 7) is 1.27. The van der Waals surface area contributed by atoms with E-state index in [9.17, 15) is 14.0 Å². The number of hydrogen-bond acceptors (Lipinski definition) is 3. The van der Waals surface area contributed by atoms with Gasteiger partial charge in [0.1, 0.15) is 11.9 Å². The van der Waals surface area contributed by atoms with Crippen molar-refractivity contribution < 1.29 is 24.2 Å². The molecule has 98 valence electrons. The molecular weight excluding hydrogens is 241 g/mol. The Balaban J connectivity index is 2.83. The fourth-order valence-corrected chi connectivity index (χ4v) is 1.50. The number of nitrogens with one attached hydrogen (secondary N) is 1. The molecule has 5 nitrogen and oxygen atoms in total. The van der Waals surface area contributed by atoms with Crippen LogP contribution in [-0.2, 0) is 4.79 Å². The minimum Gasteiger partial charge on any atom is -0.480 e. The van der Waals surface area contributed by atoms with Crippen LogP contribution in [0.4, 0.5) is 4.39 Å². The molecule has 0 fully saturated rings. The predicted molar refractivity (Wildman–Crippen MR) is 61.7 cm³/mol. The molecule has 0 aliphatic carbocycles. The van der Waals surface area contributed by atoms with Crippen molar-refractivity contribution >= 4 is 11.9 Å². The highest BCUT2D eigenvalue weighted by Crippen LogP contribution is 2.08. The van der Waals surface area contributed by atoms with Crippen LogP contribution >= 0.6 is 0 Å². The zero-order valence-corrected chi connectivity index (χ0v) is 9.81. The van der Waals surface area contributed by atoms with Crippen LogP contribution in [0.3, 0.4) is 0 Å². The van der Waals surface area contributed by atoms with Crippen molar-refractivity contribution in [1.29, 1.82) is 0 Å². The summed E-state index contributed by atoms with van der Waals surface area (Å²) in [5.41, 5.74) is 0.617. The molecule has 0 heterocycles. The van der Waals surface area contributed by atoms with E-state index in [4.69, 9.17) is 10.2 Å². The van der Waals surface area contributed by atoms with E-state index in [1.54, 1.807) is 6.92 Å². The molecule has 18 heavy (non-hydrogen) atoms. The first-order valence-electron chi connectivity index (χ1n) is 5.35. The van der Waals surface area contributed by atoms with E-state index >= 15 is 0 Å². The van der Waals surface area contributed by atoms with Gasteiger partial charge in [-0.15, -0.1) is 0 Å². The lowest BCUT2D eigenvalue weighted by Crippen LogP contribution is -2.41. The number of carboxylic acid groups (broad SMARTS) is 1. The average Bonchev–Trinajstić information content (AvgIpc) is 2.26. The Bertz CT molecular complexity index is 441. The number of aliphatic hydroxyl groups excluding tert-OH is 1. The van der Waals surface area contributed by atoms with E-state index in [-0.39, 0.29) is 18.6 Å². The second-order valence-corrected chi connectivity index (χ2v) is 3.89. The lowest BCUT2D eigenvalue weighted by molar-refractivity contribution is -0.139. The summed E-state index contributed by atoms with van der Waals surface area (Å²) in [5.74, 6) is -2.49. The molecule has 3 N–H and O–H groups in total. The summed E-state index contributed by atoms with van der Waals surface area (Å²) in [4.78, 5) is 22.5. The molecule has 0 aromatic heterocycles. The van der Waals surface area contributed by atoms with Crippen LogP contribution in [0.2, 0.25) is 0 Å². The number of carboxylic acids is 1. The van der Waals surface area contributed by atoms with E-state index in [1.165, 1.54) is 12.1 Å². The van der Waals surface area contributed by atoms with Crippen LogP contribution in [0.15, 0.2) is 18.2 Å². The number of hydrogen-bond donors (Lipinski definition) is 3. The third-order valence-corrected chi connectivity index (χ3v) is 2.33. The molecular formula is C12H14FNO4. The van der Waals surface area contributed by atoms with Crippen LogP contribution in [0.25, 0.3) is 0 Å². The summed E-state index contributed by atoms with van der Waals surface area (Å²) >= 11 is 0. The maximum atomic E-state index is 13.1. The summed E-state index contributed by atoms with van der Waals surface area (Å²) in [7, 11) is 0. The standard InChI is InChI=1S/C12H14FNO4/c1-7-4-8(6-9(13)5-7)11(16)14-10(2-3-15)12(17)18/h4-6,10,15H,2-3H2,1H3,(H,14,16)(H,17,18)/t10-/m0/s1. The van der Waals surface area contributed by atoms with Gasteiger partial charge in [0, 0.05) is 18.6 Å². The first kappa shape index (κ1) is 14.1. The van der Waals surface area contributed by atoms with Gasteiger partial charge in [-0.25, -0.2) is 9.18 Å². The molecule has 1 atom stereocenters. The quantitative estimate of drug-likeness (QED) is 0.722. The lowest BCUT2D eigenvalue weighted by Gasteiger charge is -2.13. The number of benzene rings is 1. The van der Waals surface area contributed by atoms with Crippen molar-refractivity contribution in [1.82, 2.24) is 5.32 Å². The van der Waals surface area contributed by atoms with Gasteiger partial charge in [-0.1, -0.05) is 0 Å². The van der Waals surface area contributed by atoms with E-state index in [0.29, 0.717) is 5.56 Å². The number of halogens is 1. The Morgan fingerprint density at radius 3 is 2.56 bits per heavy atom. The molecule has 1 amide bonds. The SMILES string of the molecule is Cc1cc(F)cc(C(=O)N[C@@H](CCO)C(=O)O)c1. The number of carbonyl (C=O) groups is 2. The van der Waals surface area contributed by atoms with E-state index < -0.39 is 23.7 Å². The Hall–Kier alpha value is -1.95. The van der Waals surface area contributed by atoms with Crippen LogP contribution in [-0.4, -0.2) is 34.7 Å². The molecule has 0 saturated carbocycles. The van der Waals surface area contributed by atoms with Crippen molar-refractivity contribution in [2.24, 2.45) is 0 Å². The Kier molecular flexibility index (Phi) is 4.79. The minimum absolute atomic E-state index is 0.0525. The number of amides is 1. The van der Waals surface area contributed by atoms with Crippen molar-refractivity contribution in [2.75, 3.05) is 6.61 Å². The van der Waals surface area contributed by atoms with Gasteiger partial charge in [-0.05, 0) is 30.7 Å². The lowest BCUT2D eigenvalue weighted by atomic mass is 10.1. The highest BCUT2D eigenvalue weighted by atomic mass is 19.1. The average molecular weight is 255 g/mol. The molecule has 0 unspecified atom stereocenters. The van der Waals surface area contributed by atoms with Gasteiger partial charge in [0.15, 0.2) is 0 Å². The molecule has 1 rings (SSSR count). The highest BCUT2D eigenvalue weighted by molar-refractivity contribution is 5.96. The molecule has 0 aliphatic rings. The predicted octanol–water partition coefficient (Wildman–Crippen LogP) is 0.700. The van der Waals surface area contributed by atoms with Gasteiger partial charge in [0.05, 0.1) is 0 Å². The Labute approximate surface area is 103 Å². The third-order valence-electron chi connectivity index (χ3n) is 2.33. The fraction of sp³-hybridized carbons (Fsp3) is 0.333. The summed E-state index contributed by atoms with van der Waals surface area (Å²) in [6, 6.07) is 2.56. The van der Waals surface area contributed by atoms with Crippen molar-refractivity contribution in [3.63, 3.8) is 0 Å². The zero-order chi connectivity index (χ0) is 13.7. The van der Waals surface area contributed by atoms with Crippen LogP contribution in [0.1, 0.15) is 22.3 Å². The molecule has 6 heteroatoms. The van der Waals surface area contributed by atoms with Gasteiger partial charge in [-0.2, -0.15) is 0 Å². The molecule has 1 aromatic carbocycles. The van der Waals surface area contributed by atoms with Crippen LogP contribution in [0, 0.1) is 12.7 Å². The Morgan fingerprint density at radius 2 is 2.06 bits per heavy atom. The highest BCUT2D eigenvalue weighted by Gasteiger charge is 2.20. The molecule has 1 aromatic rings. The molecule has 0 spiro atoms. The first-order chi connectivity index (χ1) is 8.43. The van der Waals surface area contributed by atoms with Gasteiger partial charge in [-0.3, -0.25) is 4.79 Å². The number of carbonyl (C=O) groups excluding carboxylic acids is 1. The maximum absolute atomic E-state index is 13.1. The fourth-order valence-electron chi connectivity index (χ4n) is 1.50. The second kappa shape index (κ2) is 6.11. The molecule has 0 radical (unpaired) electrons. The molecule has 0 saturated heterocycles. The molecule has 0 aliphatic heterocycles. The maximum Gasteiger partial charge on any atom is 0.326 e. The van der Waals surface area contributed by atoms with Crippen LogP contribution < -0.4 is 5.32 Å². The van der Waals surface area contributed by atoms with Gasteiger partial charge in [0.25, 0.3) is 5.91 Å². The van der Waals surface area contributed by atoms with E-state index in [0.717, 1.165) is 6.07 Å². The normalized spacial score (nSPS) is 11.9. The van der Waals surface area contributed by atoms with Gasteiger partial charge in [0.2, 0.25) is 0 Å². The zero-order valence-electron chi connectivity index (χ0n) is 9.81. The topological polar surface area (TPSA) is 86.6 Å². The monoisotopic (exact) mass is 255 g/mol. The number of aryl methyl sites for hydroxylation is 1. The second-order valence-electron chi connectivity index (χ2n) is 3.89. The van der Waals surface area contributed by atoms with Crippen LogP contribution in [0.5, 0.6) is 0 Å². The number of aliphatic hydroxyl groups is 1. The Morgan fingerprint density at radius 1 is 1.39 bits per heavy atom. The van der Waals surface area contributed by atoms with E-state index in [2.05, 4.69) is 5.32 Å². The van der Waals surface area contributed by atoms with Crippen molar-refractivity contribution in [2.45, 2.75) is 19.4 Å². The summed E-state index contributed by atoms with van der Waals surface area (Å²) in [6.07, 6.45) is -0.102. The third kappa shape index (κ3) is 3.81. The van der Waals surface area contributed by atoms with Crippen molar-refractivity contribution in [3.8, 4) is 0 Å². The minimum atomic E-state index is -1.24. The number of aliphatic carboxylic acids is 1. The summed E-state index contributed by atoms with van der Waals surface area (Å²) < 4.78 is 13.1. The smallest absolute Gasteiger partial charge is 0.326 e. The first-order valence-corrected chi connectivity index (χ1v) is 5.35. The summed E-state index contributed by atoms with van der Waals surface area (Å²) in [5, 5.41) is 19.7. The molecule has 0 bridgehead atoms. The van der Waals surface area contributed by atoms with Crippen molar-refractivity contribution in [3.05, 3.63) is 35.1 Å². The van der Waals surface area contributed by atoms with Gasteiger partial charge >= 0.3 is 5.97 Å². The van der Waals surface area contributed by atoms with Gasteiger partial charge < -0.3 is 15.5 Å². The largest absolute Gasteiger partial charge is 0.480 e. The number of rotatable bonds is 5. The van der Waals surface area contributed by atoms with E-state index in [1.807, 2.05) is 0 Å².